The molecule has 0 amide bonds. The van der Waals surface area contributed by atoms with E-state index in [1.54, 1.807) is 55.7 Å². The lowest BCUT2D eigenvalue weighted by atomic mass is 10.0. The minimum Gasteiger partial charge on any atom is -0.493 e. The van der Waals surface area contributed by atoms with Gasteiger partial charge in [0.25, 0.3) is 0 Å². The molecule has 0 aromatic heterocycles. The van der Waals surface area contributed by atoms with Gasteiger partial charge in [0.1, 0.15) is 18.2 Å². The molecule has 0 bridgehead atoms. The molecule has 0 saturated carbocycles. The molecule has 3 aromatic carbocycles. The van der Waals surface area contributed by atoms with Gasteiger partial charge in [-0.15, -0.1) is 0 Å². The Morgan fingerprint density at radius 3 is 2.29 bits per heavy atom. The van der Waals surface area contributed by atoms with Crippen LogP contribution in [0.2, 0.25) is 0 Å². The molecule has 4 heteroatoms. The first-order valence-corrected chi connectivity index (χ1v) is 8.77. The van der Waals surface area contributed by atoms with Crippen molar-refractivity contribution >= 4 is 11.9 Å². The normalized spacial score (nSPS) is 10.8. The summed E-state index contributed by atoms with van der Waals surface area (Å²) in [5, 5.41) is 9.42. The Morgan fingerprint density at radius 1 is 0.964 bits per heavy atom. The first-order valence-electron chi connectivity index (χ1n) is 8.77. The predicted molar refractivity (Wildman–Crippen MR) is 108 cm³/mol. The van der Waals surface area contributed by atoms with Gasteiger partial charge in [0.05, 0.1) is 7.11 Å². The van der Waals surface area contributed by atoms with Crippen LogP contribution in [0.4, 0.5) is 0 Å². The predicted octanol–water partition coefficient (Wildman–Crippen LogP) is 5.06. The van der Waals surface area contributed by atoms with Crippen LogP contribution in [-0.2, 0) is 6.61 Å². The highest BCUT2D eigenvalue weighted by atomic mass is 16.5. The van der Waals surface area contributed by atoms with E-state index >= 15 is 0 Å². The molecule has 28 heavy (non-hydrogen) atoms. The van der Waals surface area contributed by atoms with Crippen LogP contribution in [-0.4, -0.2) is 12.9 Å². The number of ether oxygens (including phenoxy) is 2. The maximum Gasteiger partial charge on any atom is 0.203 e. The quantitative estimate of drug-likeness (QED) is 0.332. The van der Waals surface area contributed by atoms with E-state index in [4.69, 9.17) is 9.47 Å². The van der Waals surface area contributed by atoms with E-state index in [0.717, 1.165) is 5.56 Å². The van der Waals surface area contributed by atoms with Crippen LogP contribution in [0.15, 0.2) is 84.4 Å². The van der Waals surface area contributed by atoms with Crippen LogP contribution in [0.3, 0.4) is 0 Å². The Kier molecular flexibility index (Phi) is 6.22. The molecule has 0 spiro atoms. The lowest BCUT2D eigenvalue weighted by molar-refractivity contribution is 0.104. The van der Waals surface area contributed by atoms with Gasteiger partial charge in [0, 0.05) is 5.56 Å². The van der Waals surface area contributed by atoms with Crippen molar-refractivity contribution in [3.63, 3.8) is 0 Å². The lowest BCUT2D eigenvalue weighted by Crippen LogP contribution is -2.01. The summed E-state index contributed by atoms with van der Waals surface area (Å²) in [7, 11) is 1.55. The summed E-state index contributed by atoms with van der Waals surface area (Å²) in [5.41, 5.74) is 2.27. The minimum absolute atomic E-state index is 0.0613. The van der Waals surface area contributed by atoms with Crippen molar-refractivity contribution in [2.45, 2.75) is 6.61 Å². The van der Waals surface area contributed by atoms with E-state index < -0.39 is 0 Å². The van der Waals surface area contributed by atoms with Gasteiger partial charge in [-0.25, -0.2) is 0 Å². The Morgan fingerprint density at radius 2 is 1.64 bits per heavy atom. The number of hydrogen-bond donors (Lipinski definition) is 0. The van der Waals surface area contributed by atoms with Crippen LogP contribution in [0.25, 0.3) is 6.08 Å². The van der Waals surface area contributed by atoms with Gasteiger partial charge in [0.15, 0.2) is 11.5 Å². The van der Waals surface area contributed by atoms with E-state index in [1.807, 2.05) is 42.5 Å². The van der Waals surface area contributed by atoms with Crippen LogP contribution >= 0.6 is 0 Å². The fraction of sp³-hybridized carbons (Fsp3) is 0.0833. The van der Waals surface area contributed by atoms with E-state index in [-0.39, 0.29) is 11.4 Å². The molecule has 0 aliphatic heterocycles. The highest BCUT2D eigenvalue weighted by Gasteiger charge is 2.12. The molecule has 0 heterocycles. The average Bonchev–Trinajstić information content (AvgIpc) is 2.77. The van der Waals surface area contributed by atoms with Gasteiger partial charge >= 0.3 is 0 Å². The van der Waals surface area contributed by atoms with E-state index in [0.29, 0.717) is 29.2 Å². The Balaban J connectivity index is 1.81. The third kappa shape index (κ3) is 4.66. The van der Waals surface area contributed by atoms with Gasteiger partial charge in [-0.1, -0.05) is 66.7 Å². The number of methoxy groups -OCH3 is 1. The van der Waals surface area contributed by atoms with Crippen LogP contribution in [0.1, 0.15) is 21.5 Å². The molecule has 0 unspecified atom stereocenters. The smallest absolute Gasteiger partial charge is 0.203 e. The molecular weight excluding hydrogens is 350 g/mol. The molecular formula is C24H19NO3. The van der Waals surface area contributed by atoms with E-state index in [2.05, 4.69) is 0 Å². The second-order valence-electron chi connectivity index (χ2n) is 6.05. The zero-order chi connectivity index (χ0) is 19.8. The number of carbonyl (C=O) groups is 1. The molecule has 0 aliphatic rings. The fourth-order valence-electron chi connectivity index (χ4n) is 2.69. The molecule has 0 N–H and O–H groups in total. The summed E-state index contributed by atoms with van der Waals surface area (Å²) in [5.74, 6) is 0.817. The lowest BCUT2D eigenvalue weighted by Gasteiger charge is -2.11. The Bertz CT molecular complexity index is 1020. The number of rotatable bonds is 7. The van der Waals surface area contributed by atoms with Crippen molar-refractivity contribution in [2.75, 3.05) is 7.11 Å². The number of carbonyl (C=O) groups excluding carboxylic acids is 1. The molecule has 0 aliphatic carbocycles. The first-order chi connectivity index (χ1) is 13.7. The second-order valence-corrected chi connectivity index (χ2v) is 6.05. The zero-order valence-corrected chi connectivity index (χ0v) is 15.5. The fourth-order valence-corrected chi connectivity index (χ4v) is 2.69. The van der Waals surface area contributed by atoms with Crippen LogP contribution in [0, 0.1) is 11.3 Å². The van der Waals surface area contributed by atoms with Crippen molar-refractivity contribution in [1.29, 1.82) is 5.26 Å². The van der Waals surface area contributed by atoms with Crippen molar-refractivity contribution in [3.05, 3.63) is 101 Å². The summed E-state index contributed by atoms with van der Waals surface area (Å²) in [6, 6.07) is 25.9. The second kappa shape index (κ2) is 9.20. The number of hydrogen-bond acceptors (Lipinski definition) is 4. The number of benzene rings is 3. The molecule has 0 saturated heterocycles. The van der Waals surface area contributed by atoms with Crippen molar-refractivity contribution in [3.8, 4) is 17.6 Å². The molecule has 0 fully saturated rings. The summed E-state index contributed by atoms with van der Waals surface area (Å²) < 4.78 is 11.3. The monoisotopic (exact) mass is 369 g/mol. The third-order valence-electron chi connectivity index (χ3n) is 4.14. The number of nitrogens with zero attached hydrogens (tertiary/aromatic N) is 1. The summed E-state index contributed by atoms with van der Waals surface area (Å²) in [6.07, 6.45) is 1.55. The molecule has 3 rings (SSSR count). The van der Waals surface area contributed by atoms with E-state index in [1.165, 1.54) is 0 Å². The standard InChI is InChI=1S/C24H19NO3/c1-27-23-15-19(12-13-22(23)28-17-18-8-4-2-5-9-18)14-21(16-25)24(26)20-10-6-3-7-11-20/h2-15H,17H2,1H3/b21-14+. The number of nitriles is 1. The Labute approximate surface area is 164 Å². The molecule has 0 atom stereocenters. The minimum atomic E-state index is -0.313. The number of allylic oxidation sites excluding steroid dienone is 1. The van der Waals surface area contributed by atoms with Gasteiger partial charge < -0.3 is 9.47 Å². The maximum absolute atomic E-state index is 12.5. The average molecular weight is 369 g/mol. The van der Waals surface area contributed by atoms with Gasteiger partial charge in [0.2, 0.25) is 5.78 Å². The van der Waals surface area contributed by atoms with Crippen LogP contribution in [0.5, 0.6) is 11.5 Å². The first kappa shape index (κ1) is 18.9. The van der Waals surface area contributed by atoms with Gasteiger partial charge in [-0.3, -0.25) is 4.79 Å². The van der Waals surface area contributed by atoms with Crippen molar-refractivity contribution < 1.29 is 14.3 Å². The summed E-state index contributed by atoms with van der Waals surface area (Å²) >= 11 is 0. The summed E-state index contributed by atoms with van der Waals surface area (Å²) in [4.78, 5) is 12.5. The summed E-state index contributed by atoms with van der Waals surface area (Å²) in [6.45, 7) is 0.419. The van der Waals surface area contributed by atoms with Gasteiger partial charge in [-0.2, -0.15) is 5.26 Å². The SMILES string of the molecule is COc1cc(/C=C(\C#N)C(=O)c2ccccc2)ccc1OCc1ccccc1. The largest absolute Gasteiger partial charge is 0.493 e. The number of ketones is 1. The van der Waals surface area contributed by atoms with Gasteiger partial charge in [-0.05, 0) is 29.3 Å². The number of Topliss-reactive ketones (excluding diaryl/α,β-unsaturated/α-hetero) is 1. The maximum atomic E-state index is 12.5. The molecule has 3 aromatic rings. The zero-order valence-electron chi connectivity index (χ0n) is 15.5. The van der Waals surface area contributed by atoms with Crippen molar-refractivity contribution in [2.24, 2.45) is 0 Å². The highest BCUT2D eigenvalue weighted by molar-refractivity contribution is 6.14. The molecule has 4 nitrogen and oxygen atoms in total. The highest BCUT2D eigenvalue weighted by Crippen LogP contribution is 2.30. The van der Waals surface area contributed by atoms with E-state index in [9.17, 15) is 10.1 Å². The topological polar surface area (TPSA) is 59.3 Å². The van der Waals surface area contributed by atoms with Crippen LogP contribution < -0.4 is 9.47 Å². The molecule has 138 valence electrons. The molecule has 0 radical (unpaired) electrons. The third-order valence-corrected chi connectivity index (χ3v) is 4.14. The van der Waals surface area contributed by atoms with Crippen molar-refractivity contribution in [1.82, 2.24) is 0 Å². The Hall–Kier alpha value is -3.84.